The first-order valence-electron chi connectivity index (χ1n) is 12.7. The van der Waals surface area contributed by atoms with Crippen molar-refractivity contribution in [3.63, 3.8) is 0 Å². The molecule has 9 heteroatoms. The molecule has 0 aliphatic heterocycles. The largest absolute Gasteiger partial charge is 0.317 e. The van der Waals surface area contributed by atoms with Gasteiger partial charge in [0.1, 0.15) is 0 Å². The molecular weight excluding hydrogens is 577 g/mol. The topological polar surface area (TPSA) is 74.0 Å². The van der Waals surface area contributed by atoms with Gasteiger partial charge in [-0.3, -0.25) is 4.79 Å². The zero-order valence-corrected chi connectivity index (χ0v) is 24.2. The van der Waals surface area contributed by atoms with E-state index >= 15 is 0 Å². The first kappa shape index (κ1) is 27.0. The van der Waals surface area contributed by atoms with Crippen molar-refractivity contribution in [2.75, 3.05) is 0 Å². The van der Waals surface area contributed by atoms with Crippen LogP contribution in [0.5, 0.6) is 0 Å². The Kier molecular flexibility index (Phi) is 7.03. The van der Waals surface area contributed by atoms with Gasteiger partial charge in [-0.25, -0.2) is 17.4 Å². The molecule has 6 aromatic rings. The average Bonchev–Trinajstić information content (AvgIpc) is 3.53. The lowest BCUT2D eigenvalue weighted by Gasteiger charge is -2.12. The van der Waals surface area contributed by atoms with Gasteiger partial charge in [0.2, 0.25) is 0 Å². The minimum atomic E-state index is -3.99. The predicted octanol–water partition coefficient (Wildman–Crippen LogP) is 7.88. The van der Waals surface area contributed by atoms with Crippen molar-refractivity contribution < 1.29 is 13.2 Å². The predicted molar refractivity (Wildman–Crippen MR) is 163 cm³/mol. The van der Waals surface area contributed by atoms with E-state index in [1.54, 1.807) is 60.8 Å². The Labute approximate surface area is 247 Å². The molecule has 2 heterocycles. The number of aldehydes is 1. The van der Waals surface area contributed by atoms with Crippen molar-refractivity contribution >= 4 is 50.4 Å². The summed E-state index contributed by atoms with van der Waals surface area (Å²) in [5.74, 6) is 0.213. The summed E-state index contributed by atoms with van der Waals surface area (Å²) in [4.78, 5) is 17.2. The SMILES string of the molecule is Cc1ccc(S(=O)(=O)n2cc(-c3c(-c4ccccc4)nc(C=O)n3Cc3ccc(Cl)cc3)c3ccc(Cl)cc32)cc1. The maximum absolute atomic E-state index is 14.0. The number of nitrogens with zero attached hydrogens (tertiary/aromatic N) is 3. The smallest absolute Gasteiger partial charge is 0.268 e. The molecule has 0 spiro atoms. The van der Waals surface area contributed by atoms with Crippen molar-refractivity contribution in [3.05, 3.63) is 130 Å². The number of fused-ring (bicyclic) bond motifs is 1. The van der Waals surface area contributed by atoms with E-state index in [0.717, 1.165) is 16.7 Å². The molecule has 2 aromatic heterocycles. The summed E-state index contributed by atoms with van der Waals surface area (Å²) in [6.07, 6.45) is 2.30. The third-order valence-electron chi connectivity index (χ3n) is 6.97. The average molecular weight is 601 g/mol. The molecule has 0 aliphatic rings. The Morgan fingerprint density at radius 1 is 0.854 bits per heavy atom. The fourth-order valence-corrected chi connectivity index (χ4v) is 6.60. The van der Waals surface area contributed by atoms with E-state index in [1.165, 1.54) is 3.97 Å². The Morgan fingerprint density at radius 2 is 1.54 bits per heavy atom. The van der Waals surface area contributed by atoms with E-state index < -0.39 is 10.0 Å². The number of benzene rings is 4. The van der Waals surface area contributed by atoms with Crippen LogP contribution in [-0.4, -0.2) is 28.2 Å². The van der Waals surface area contributed by atoms with Gasteiger partial charge in [0, 0.05) is 39.3 Å². The highest BCUT2D eigenvalue weighted by atomic mass is 35.5. The van der Waals surface area contributed by atoms with Gasteiger partial charge in [0.15, 0.2) is 12.1 Å². The third-order valence-corrected chi connectivity index (χ3v) is 9.15. The van der Waals surface area contributed by atoms with Crippen molar-refractivity contribution in [1.29, 1.82) is 0 Å². The molecule has 0 fully saturated rings. The van der Waals surface area contributed by atoms with Gasteiger partial charge in [0.25, 0.3) is 10.0 Å². The highest BCUT2D eigenvalue weighted by Crippen LogP contribution is 2.40. The first-order chi connectivity index (χ1) is 19.8. The van der Waals surface area contributed by atoms with Crippen LogP contribution in [0.15, 0.2) is 108 Å². The zero-order valence-electron chi connectivity index (χ0n) is 21.8. The lowest BCUT2D eigenvalue weighted by atomic mass is 10.0. The van der Waals surface area contributed by atoms with E-state index in [0.29, 0.717) is 50.7 Å². The minimum absolute atomic E-state index is 0.151. The molecule has 6 rings (SSSR count). The fraction of sp³-hybridized carbons (Fsp3) is 0.0625. The van der Waals surface area contributed by atoms with Gasteiger partial charge < -0.3 is 4.57 Å². The second-order valence-electron chi connectivity index (χ2n) is 9.68. The highest BCUT2D eigenvalue weighted by Gasteiger charge is 2.27. The maximum atomic E-state index is 14.0. The van der Waals surface area contributed by atoms with E-state index in [1.807, 2.05) is 54.0 Å². The molecule has 0 aliphatic carbocycles. The molecule has 41 heavy (non-hydrogen) atoms. The van der Waals surface area contributed by atoms with Gasteiger partial charge >= 0.3 is 0 Å². The molecule has 6 nitrogen and oxygen atoms in total. The Morgan fingerprint density at radius 3 is 2.22 bits per heavy atom. The van der Waals surface area contributed by atoms with Gasteiger partial charge in [-0.1, -0.05) is 89.4 Å². The molecule has 0 amide bonds. The van der Waals surface area contributed by atoms with Gasteiger partial charge in [-0.05, 0) is 48.9 Å². The molecule has 4 aromatic carbocycles. The van der Waals surface area contributed by atoms with Gasteiger partial charge in [-0.2, -0.15) is 0 Å². The quantitative estimate of drug-likeness (QED) is 0.175. The standard InChI is InChI=1S/C32H23Cl2N3O3S/c1-21-7-14-26(15-8-21)41(39,40)37-19-28(27-16-13-25(34)17-29(27)37)32-31(23-5-3-2-4-6-23)35-30(20-38)36(32)18-22-9-11-24(33)12-10-22/h2-17,19-20H,18H2,1H3. The van der Waals surface area contributed by atoms with Crippen LogP contribution < -0.4 is 0 Å². The summed E-state index contributed by atoms with van der Waals surface area (Å²) in [6, 6.07) is 28.7. The lowest BCUT2D eigenvalue weighted by molar-refractivity contribution is 0.111. The monoisotopic (exact) mass is 599 g/mol. The number of carbonyl (C=O) groups is 1. The molecule has 204 valence electrons. The van der Waals surface area contributed by atoms with Crippen molar-refractivity contribution in [2.24, 2.45) is 0 Å². The Bertz CT molecular complexity index is 2010. The minimum Gasteiger partial charge on any atom is -0.317 e. The number of hydrogen-bond acceptors (Lipinski definition) is 4. The molecule has 0 N–H and O–H groups in total. The first-order valence-corrected chi connectivity index (χ1v) is 14.9. The number of carbonyl (C=O) groups excluding carboxylic acids is 1. The van der Waals surface area contributed by atoms with Crippen LogP contribution in [0.1, 0.15) is 21.7 Å². The number of aromatic nitrogens is 3. The molecule has 0 unspecified atom stereocenters. The van der Waals surface area contributed by atoms with Crippen LogP contribution in [0.25, 0.3) is 33.4 Å². The summed E-state index contributed by atoms with van der Waals surface area (Å²) >= 11 is 12.5. The molecule has 0 radical (unpaired) electrons. The fourth-order valence-electron chi connectivity index (χ4n) is 4.95. The van der Waals surface area contributed by atoms with Crippen LogP contribution >= 0.6 is 23.2 Å². The number of imidazole rings is 1. The van der Waals surface area contributed by atoms with Crippen LogP contribution in [-0.2, 0) is 16.6 Å². The molecule has 0 saturated heterocycles. The van der Waals surface area contributed by atoms with Crippen molar-refractivity contribution in [1.82, 2.24) is 13.5 Å². The van der Waals surface area contributed by atoms with Crippen LogP contribution in [0.3, 0.4) is 0 Å². The second-order valence-corrected chi connectivity index (χ2v) is 12.4. The number of halogens is 2. The number of hydrogen-bond donors (Lipinski definition) is 0. The van der Waals surface area contributed by atoms with Crippen LogP contribution in [0.4, 0.5) is 0 Å². The molecule has 0 atom stereocenters. The summed E-state index contributed by atoms with van der Waals surface area (Å²) in [5, 5.41) is 1.65. The summed E-state index contributed by atoms with van der Waals surface area (Å²) in [6.45, 7) is 2.21. The lowest BCUT2D eigenvalue weighted by Crippen LogP contribution is -2.12. The van der Waals surface area contributed by atoms with Gasteiger partial charge in [-0.15, -0.1) is 0 Å². The summed E-state index contributed by atoms with van der Waals surface area (Å²) in [7, 11) is -3.99. The third kappa shape index (κ3) is 4.97. The molecule has 0 saturated carbocycles. The number of aryl methyl sites for hydroxylation is 1. The zero-order chi connectivity index (χ0) is 28.7. The number of rotatable bonds is 7. The Hall–Kier alpha value is -4.17. The normalized spacial score (nSPS) is 11.7. The molecule has 0 bridgehead atoms. The van der Waals surface area contributed by atoms with Crippen molar-refractivity contribution in [2.45, 2.75) is 18.4 Å². The maximum Gasteiger partial charge on any atom is 0.268 e. The summed E-state index contributed by atoms with van der Waals surface area (Å²) < 4.78 is 31.0. The van der Waals surface area contributed by atoms with Crippen LogP contribution in [0, 0.1) is 6.92 Å². The van der Waals surface area contributed by atoms with Crippen LogP contribution in [0.2, 0.25) is 10.0 Å². The van der Waals surface area contributed by atoms with Gasteiger partial charge in [0.05, 0.1) is 21.8 Å². The second kappa shape index (κ2) is 10.7. The highest BCUT2D eigenvalue weighted by molar-refractivity contribution is 7.90. The van der Waals surface area contributed by atoms with E-state index in [4.69, 9.17) is 28.2 Å². The van der Waals surface area contributed by atoms with E-state index in [9.17, 15) is 13.2 Å². The van der Waals surface area contributed by atoms with E-state index in [2.05, 4.69) is 0 Å². The Balaban J connectivity index is 1.66. The summed E-state index contributed by atoms with van der Waals surface area (Å²) in [5.41, 5.74) is 4.82. The van der Waals surface area contributed by atoms with Crippen molar-refractivity contribution in [3.8, 4) is 22.5 Å². The molecular formula is C32H23Cl2N3O3S. The van der Waals surface area contributed by atoms with E-state index in [-0.39, 0.29) is 10.7 Å².